The SMILES string of the molecule is CCN1CCC(N2C(=O)C(C)(C)c3cc([N+](=O)[O-])ccc32)CC1. The summed E-state index contributed by atoms with van der Waals surface area (Å²) in [7, 11) is 0. The van der Waals surface area contributed by atoms with E-state index in [2.05, 4.69) is 11.8 Å². The molecule has 0 spiro atoms. The van der Waals surface area contributed by atoms with Crippen LogP contribution in [-0.2, 0) is 10.2 Å². The van der Waals surface area contributed by atoms with Gasteiger partial charge in [0.1, 0.15) is 0 Å². The van der Waals surface area contributed by atoms with Gasteiger partial charge in [-0.1, -0.05) is 6.92 Å². The summed E-state index contributed by atoms with van der Waals surface area (Å²) in [6, 6.07) is 5.00. The summed E-state index contributed by atoms with van der Waals surface area (Å²) in [5.74, 6) is 0.0583. The second-order valence-electron chi connectivity index (χ2n) is 6.92. The smallest absolute Gasteiger partial charge is 0.269 e. The predicted molar refractivity (Wildman–Crippen MR) is 88.7 cm³/mol. The Balaban J connectivity index is 1.95. The van der Waals surface area contributed by atoms with Gasteiger partial charge in [-0.2, -0.15) is 0 Å². The molecule has 1 fully saturated rings. The molecule has 1 aromatic carbocycles. The number of nitro benzene ring substituents is 1. The number of likely N-dealkylation sites (tertiary alicyclic amines) is 1. The van der Waals surface area contributed by atoms with Crippen LogP contribution in [0, 0.1) is 10.1 Å². The normalized spacial score (nSPS) is 21.5. The average Bonchev–Trinajstić information content (AvgIpc) is 2.74. The fourth-order valence-corrected chi connectivity index (χ4v) is 3.73. The lowest BCUT2D eigenvalue weighted by molar-refractivity contribution is -0.384. The molecule has 3 rings (SSSR count). The number of fused-ring (bicyclic) bond motifs is 1. The first-order chi connectivity index (χ1) is 10.9. The number of carbonyl (C=O) groups is 1. The van der Waals surface area contributed by atoms with Crippen molar-refractivity contribution < 1.29 is 9.72 Å². The monoisotopic (exact) mass is 317 g/mol. The number of hydrogen-bond acceptors (Lipinski definition) is 4. The topological polar surface area (TPSA) is 66.7 Å². The average molecular weight is 317 g/mol. The predicted octanol–water partition coefficient (Wildman–Crippen LogP) is 2.70. The van der Waals surface area contributed by atoms with E-state index in [1.807, 2.05) is 18.7 Å². The zero-order chi connectivity index (χ0) is 16.8. The van der Waals surface area contributed by atoms with Crippen LogP contribution in [0.25, 0.3) is 0 Å². The highest BCUT2D eigenvalue weighted by molar-refractivity contribution is 6.08. The number of anilines is 1. The van der Waals surface area contributed by atoms with Gasteiger partial charge in [0.2, 0.25) is 5.91 Å². The molecule has 0 N–H and O–H groups in total. The van der Waals surface area contributed by atoms with E-state index in [0.717, 1.165) is 43.7 Å². The third kappa shape index (κ3) is 2.51. The van der Waals surface area contributed by atoms with Crippen molar-refractivity contribution in [2.75, 3.05) is 24.5 Å². The molecule has 0 radical (unpaired) electrons. The molecule has 1 amide bonds. The highest BCUT2D eigenvalue weighted by Gasteiger charge is 2.47. The second kappa shape index (κ2) is 5.60. The van der Waals surface area contributed by atoms with E-state index in [-0.39, 0.29) is 17.6 Å². The fraction of sp³-hybridized carbons (Fsp3) is 0.588. The van der Waals surface area contributed by atoms with E-state index in [9.17, 15) is 14.9 Å². The number of benzene rings is 1. The van der Waals surface area contributed by atoms with Gasteiger partial charge in [-0.05, 0) is 44.9 Å². The van der Waals surface area contributed by atoms with Crippen molar-refractivity contribution in [2.45, 2.75) is 45.1 Å². The number of hydrogen-bond donors (Lipinski definition) is 0. The number of nitro groups is 1. The molecule has 2 heterocycles. The van der Waals surface area contributed by atoms with Crippen LogP contribution in [-0.4, -0.2) is 41.4 Å². The van der Waals surface area contributed by atoms with E-state index in [1.165, 1.54) is 6.07 Å². The Kier molecular flexibility index (Phi) is 3.88. The van der Waals surface area contributed by atoms with Crippen molar-refractivity contribution in [3.63, 3.8) is 0 Å². The number of carbonyl (C=O) groups excluding carboxylic acids is 1. The van der Waals surface area contributed by atoms with Gasteiger partial charge < -0.3 is 9.80 Å². The van der Waals surface area contributed by atoms with Gasteiger partial charge >= 0.3 is 0 Å². The van der Waals surface area contributed by atoms with Gasteiger partial charge in [0.25, 0.3) is 5.69 Å². The van der Waals surface area contributed by atoms with Crippen LogP contribution < -0.4 is 4.90 Å². The fourth-order valence-electron chi connectivity index (χ4n) is 3.73. The lowest BCUT2D eigenvalue weighted by Gasteiger charge is -2.37. The Morgan fingerprint density at radius 3 is 2.52 bits per heavy atom. The maximum Gasteiger partial charge on any atom is 0.269 e. The Hall–Kier alpha value is -1.95. The largest absolute Gasteiger partial charge is 0.308 e. The summed E-state index contributed by atoms with van der Waals surface area (Å²) in [6.45, 7) is 8.90. The van der Waals surface area contributed by atoms with E-state index < -0.39 is 10.3 Å². The van der Waals surface area contributed by atoms with Crippen molar-refractivity contribution in [2.24, 2.45) is 0 Å². The molecule has 1 saturated heterocycles. The maximum atomic E-state index is 13.0. The highest BCUT2D eigenvalue weighted by atomic mass is 16.6. The molecule has 2 aliphatic rings. The summed E-state index contributed by atoms with van der Waals surface area (Å²) in [5, 5.41) is 11.0. The minimum absolute atomic E-state index is 0.0484. The van der Waals surface area contributed by atoms with Crippen LogP contribution in [0.15, 0.2) is 18.2 Å². The Morgan fingerprint density at radius 2 is 1.96 bits per heavy atom. The molecular formula is C17H23N3O3. The summed E-state index contributed by atoms with van der Waals surface area (Å²) >= 11 is 0. The van der Waals surface area contributed by atoms with Crippen LogP contribution in [0.3, 0.4) is 0 Å². The molecule has 0 aromatic heterocycles. The summed E-state index contributed by atoms with van der Waals surface area (Å²) in [5.41, 5.74) is 0.964. The van der Waals surface area contributed by atoms with Crippen LogP contribution >= 0.6 is 0 Å². The number of amides is 1. The summed E-state index contributed by atoms with van der Waals surface area (Å²) in [6.07, 6.45) is 1.90. The zero-order valence-electron chi connectivity index (χ0n) is 13.9. The Morgan fingerprint density at radius 1 is 1.30 bits per heavy atom. The first-order valence-corrected chi connectivity index (χ1v) is 8.21. The molecule has 0 aliphatic carbocycles. The molecule has 124 valence electrons. The van der Waals surface area contributed by atoms with Gasteiger partial charge in [-0.15, -0.1) is 0 Å². The third-order valence-corrected chi connectivity index (χ3v) is 5.25. The number of rotatable bonds is 3. The van der Waals surface area contributed by atoms with Gasteiger partial charge in [-0.25, -0.2) is 0 Å². The van der Waals surface area contributed by atoms with Crippen molar-refractivity contribution >= 4 is 17.3 Å². The third-order valence-electron chi connectivity index (χ3n) is 5.25. The maximum absolute atomic E-state index is 13.0. The molecule has 1 aromatic rings. The van der Waals surface area contributed by atoms with Crippen LogP contribution in [0.2, 0.25) is 0 Å². The van der Waals surface area contributed by atoms with E-state index in [4.69, 9.17) is 0 Å². The number of piperidine rings is 1. The molecule has 0 saturated carbocycles. The molecular weight excluding hydrogens is 294 g/mol. The van der Waals surface area contributed by atoms with Gasteiger partial charge in [0.15, 0.2) is 0 Å². The Labute approximate surface area is 136 Å². The molecule has 2 aliphatic heterocycles. The van der Waals surface area contributed by atoms with Crippen molar-refractivity contribution in [1.29, 1.82) is 0 Å². The first-order valence-electron chi connectivity index (χ1n) is 8.21. The Bertz CT molecular complexity index is 648. The van der Waals surface area contributed by atoms with Crippen LogP contribution in [0.1, 0.15) is 39.2 Å². The first kappa shape index (κ1) is 15.9. The molecule has 0 bridgehead atoms. The van der Waals surface area contributed by atoms with Gasteiger partial charge in [0, 0.05) is 37.0 Å². The highest BCUT2D eigenvalue weighted by Crippen LogP contribution is 2.45. The minimum atomic E-state index is -0.705. The second-order valence-corrected chi connectivity index (χ2v) is 6.92. The summed E-state index contributed by atoms with van der Waals surface area (Å²) < 4.78 is 0. The van der Waals surface area contributed by atoms with E-state index in [1.54, 1.807) is 12.1 Å². The standard InChI is InChI=1S/C17H23N3O3/c1-4-18-9-7-12(8-10-18)19-15-6-5-13(20(22)23)11-14(15)17(2,3)16(19)21/h5-6,11-12H,4,7-10H2,1-3H3. The minimum Gasteiger partial charge on any atom is -0.308 e. The van der Waals surface area contributed by atoms with Gasteiger partial charge in [-0.3, -0.25) is 14.9 Å². The van der Waals surface area contributed by atoms with E-state index >= 15 is 0 Å². The number of non-ortho nitro benzene ring substituents is 1. The molecule has 23 heavy (non-hydrogen) atoms. The van der Waals surface area contributed by atoms with Crippen LogP contribution in [0.4, 0.5) is 11.4 Å². The van der Waals surface area contributed by atoms with E-state index in [0.29, 0.717) is 0 Å². The lowest BCUT2D eigenvalue weighted by Crippen LogP contribution is -2.48. The van der Waals surface area contributed by atoms with Crippen molar-refractivity contribution in [3.05, 3.63) is 33.9 Å². The van der Waals surface area contributed by atoms with Crippen molar-refractivity contribution in [3.8, 4) is 0 Å². The quantitative estimate of drug-likeness (QED) is 0.635. The summed E-state index contributed by atoms with van der Waals surface area (Å²) in [4.78, 5) is 27.9. The number of nitrogens with zero attached hydrogens (tertiary/aromatic N) is 3. The molecule has 6 heteroatoms. The molecule has 6 nitrogen and oxygen atoms in total. The lowest BCUT2D eigenvalue weighted by atomic mass is 9.86. The van der Waals surface area contributed by atoms with Crippen LogP contribution in [0.5, 0.6) is 0 Å². The zero-order valence-corrected chi connectivity index (χ0v) is 13.9. The van der Waals surface area contributed by atoms with Crippen molar-refractivity contribution in [1.82, 2.24) is 4.90 Å². The molecule has 0 unspecified atom stereocenters. The van der Waals surface area contributed by atoms with Gasteiger partial charge in [0.05, 0.1) is 10.3 Å². The molecule has 0 atom stereocenters.